The fraction of sp³-hybridized carbons (Fsp3) is 0.154. The van der Waals surface area contributed by atoms with Crippen molar-refractivity contribution >= 4 is 7.55 Å². The third-order valence-corrected chi connectivity index (χ3v) is 2.81. The molecule has 0 unspecified atom stereocenters. The minimum absolute atomic E-state index is 0.846. The van der Waals surface area contributed by atoms with Gasteiger partial charge in [0.2, 0.25) is 0 Å². The Labute approximate surface area is 112 Å². The van der Waals surface area contributed by atoms with E-state index < -0.39 is 0 Å². The zero-order chi connectivity index (χ0) is 13.2. The zero-order valence-electron chi connectivity index (χ0n) is 10.9. The Kier molecular flexibility index (Phi) is 2.91. The van der Waals surface area contributed by atoms with E-state index in [0.717, 1.165) is 22.8 Å². The van der Waals surface area contributed by atoms with Crippen LogP contribution in [0.1, 0.15) is 11.4 Å². The van der Waals surface area contributed by atoms with Crippen LogP contribution in [0, 0.1) is 13.8 Å². The summed E-state index contributed by atoms with van der Waals surface area (Å²) in [5.74, 6) is 0. The van der Waals surface area contributed by atoms with Gasteiger partial charge >= 0.3 is 0 Å². The fourth-order valence-electron chi connectivity index (χ4n) is 1.93. The molecule has 3 heterocycles. The van der Waals surface area contributed by atoms with Gasteiger partial charge in [-0.05, 0) is 57.6 Å². The predicted octanol–water partition coefficient (Wildman–Crippen LogP) is 1.69. The smallest absolute Gasteiger partial charge is 0.106 e. The summed E-state index contributed by atoms with van der Waals surface area (Å²) < 4.78 is 3.55. The number of aromatic nitrogens is 5. The lowest BCUT2D eigenvalue weighted by Crippen LogP contribution is -2.19. The molecule has 0 spiro atoms. The second-order valence-electron chi connectivity index (χ2n) is 4.38. The van der Waals surface area contributed by atoms with E-state index in [9.17, 15) is 0 Å². The van der Waals surface area contributed by atoms with Crippen LogP contribution in [-0.2, 0) is 0 Å². The molecule has 0 aliphatic heterocycles. The third-order valence-electron chi connectivity index (χ3n) is 2.81. The summed E-state index contributed by atoms with van der Waals surface area (Å²) in [5.41, 5.74) is 3.78. The summed E-state index contributed by atoms with van der Waals surface area (Å²) in [6.45, 7) is 3.99. The average molecular weight is 250 g/mol. The summed E-state index contributed by atoms with van der Waals surface area (Å²) in [5, 5.41) is 8.84. The van der Waals surface area contributed by atoms with Gasteiger partial charge in [-0.25, -0.2) is 10.2 Å². The number of nitrogens with zero attached hydrogens (tertiary/aromatic N) is 5. The molecule has 3 rings (SSSR count). The Morgan fingerprint density at radius 3 is 2.63 bits per heavy atom. The normalized spacial score (nSPS) is 10.8. The van der Waals surface area contributed by atoms with Crippen LogP contribution >= 0.6 is 0 Å². The lowest BCUT2D eigenvalue weighted by Gasteiger charge is -2.19. The van der Waals surface area contributed by atoms with Gasteiger partial charge in [0.05, 0.1) is 11.4 Å². The van der Waals surface area contributed by atoms with E-state index >= 15 is 0 Å². The number of rotatable bonds is 3. The van der Waals surface area contributed by atoms with E-state index in [1.54, 1.807) is 10.8 Å². The van der Waals surface area contributed by atoms with Gasteiger partial charge in [0.25, 0.3) is 0 Å². The van der Waals surface area contributed by atoms with Gasteiger partial charge in [0.1, 0.15) is 5.69 Å². The molecule has 19 heavy (non-hydrogen) atoms. The molecule has 0 saturated carbocycles. The van der Waals surface area contributed by atoms with E-state index in [-0.39, 0.29) is 0 Å². The van der Waals surface area contributed by atoms with Crippen LogP contribution in [-0.4, -0.2) is 31.9 Å². The summed E-state index contributed by atoms with van der Waals surface area (Å²) in [4.78, 5) is 4.28. The topological polar surface area (TPSA) is 48.5 Å². The number of aryl methyl sites for hydroxylation is 2. The highest BCUT2D eigenvalue weighted by Gasteiger charge is 1.99. The van der Waals surface area contributed by atoms with Crippen LogP contribution < -0.4 is 0 Å². The maximum absolute atomic E-state index is 4.46. The molecule has 2 radical (unpaired) electrons. The largest absolute Gasteiger partial charge is 0.488 e. The molecule has 0 aromatic carbocycles. The summed E-state index contributed by atoms with van der Waals surface area (Å²) in [6.07, 6.45) is 3.65. The second-order valence-corrected chi connectivity index (χ2v) is 4.38. The Hall–Kier alpha value is -2.37. The Balaban J connectivity index is 1.84. The van der Waals surface area contributed by atoms with Crippen molar-refractivity contribution < 1.29 is 0 Å². The minimum atomic E-state index is 0.846. The molecule has 0 aliphatic rings. The van der Waals surface area contributed by atoms with Gasteiger partial charge < -0.3 is 9.19 Å². The third kappa shape index (κ3) is 2.42. The van der Waals surface area contributed by atoms with Crippen molar-refractivity contribution in [2.75, 3.05) is 0 Å². The molecular weight excluding hydrogens is 237 g/mol. The van der Waals surface area contributed by atoms with Crippen LogP contribution in [0.3, 0.4) is 0 Å². The molecule has 5 nitrogen and oxygen atoms in total. The van der Waals surface area contributed by atoms with Gasteiger partial charge in [-0.2, -0.15) is 0 Å². The quantitative estimate of drug-likeness (QED) is 0.664. The highest BCUT2D eigenvalue weighted by molar-refractivity contribution is 6.30. The molecule has 0 amide bonds. The number of hydrogen-bond donors (Lipinski definition) is 0. The van der Waals surface area contributed by atoms with E-state index in [2.05, 4.69) is 15.2 Å². The lowest BCUT2D eigenvalue weighted by molar-refractivity contribution is 0.855. The molecule has 3 aromatic rings. The first-order chi connectivity index (χ1) is 9.22. The fourth-order valence-corrected chi connectivity index (χ4v) is 1.93. The van der Waals surface area contributed by atoms with Crippen molar-refractivity contribution in [2.24, 2.45) is 0 Å². The van der Waals surface area contributed by atoms with Gasteiger partial charge in [-0.1, -0.05) is 6.07 Å². The van der Waals surface area contributed by atoms with Crippen LogP contribution in [0.25, 0.3) is 11.4 Å². The Morgan fingerprint density at radius 1 is 1.05 bits per heavy atom. The van der Waals surface area contributed by atoms with Gasteiger partial charge in [0, 0.05) is 6.20 Å². The molecule has 0 N–H and O–H groups in total. The van der Waals surface area contributed by atoms with Crippen LogP contribution in [0.5, 0.6) is 0 Å². The van der Waals surface area contributed by atoms with E-state index in [1.165, 1.54) is 0 Å². The molecule has 3 aromatic heterocycles. The SMILES string of the molecule is Cc1cc(C)n([B-]n2ccc(-c3ccccn3)n2)n1. The van der Waals surface area contributed by atoms with Crippen molar-refractivity contribution in [1.82, 2.24) is 24.4 Å². The zero-order valence-corrected chi connectivity index (χ0v) is 10.9. The van der Waals surface area contributed by atoms with Gasteiger partial charge in [-0.15, -0.1) is 0 Å². The van der Waals surface area contributed by atoms with Crippen LogP contribution in [0.4, 0.5) is 0 Å². The Morgan fingerprint density at radius 2 is 1.95 bits per heavy atom. The standard InChI is InChI=1S/C13H13BN5/c1-10-9-11(2)19(16-10)14-18-8-6-13(17-18)12-5-3-4-7-15-12/h3-9H,1-2H3/q-1. The average Bonchev–Trinajstić information content (AvgIpc) is 2.99. The Bertz CT molecular complexity index is 686. The maximum atomic E-state index is 4.46. The first-order valence-electron chi connectivity index (χ1n) is 6.07. The van der Waals surface area contributed by atoms with E-state index in [4.69, 9.17) is 0 Å². The van der Waals surface area contributed by atoms with Crippen LogP contribution in [0.15, 0.2) is 42.7 Å². The number of pyridine rings is 1. The molecular formula is C13H13BN5-. The van der Waals surface area contributed by atoms with Crippen molar-refractivity contribution in [3.8, 4) is 11.4 Å². The van der Waals surface area contributed by atoms with Crippen molar-refractivity contribution in [1.29, 1.82) is 0 Å². The van der Waals surface area contributed by atoms with Gasteiger partial charge in [-0.3, -0.25) is 4.98 Å². The molecule has 0 aliphatic carbocycles. The predicted molar refractivity (Wildman–Crippen MR) is 73.7 cm³/mol. The monoisotopic (exact) mass is 250 g/mol. The summed E-state index contributed by atoms with van der Waals surface area (Å²) in [7, 11) is 1.84. The minimum Gasteiger partial charge on any atom is -0.488 e. The van der Waals surface area contributed by atoms with Crippen molar-refractivity contribution in [3.63, 3.8) is 0 Å². The van der Waals surface area contributed by atoms with E-state index in [0.29, 0.717) is 0 Å². The molecule has 94 valence electrons. The van der Waals surface area contributed by atoms with E-state index in [1.807, 2.05) is 62.5 Å². The number of hydrogen-bond acceptors (Lipinski definition) is 3. The maximum Gasteiger partial charge on any atom is 0.106 e. The molecule has 0 bridgehead atoms. The highest BCUT2D eigenvalue weighted by atomic mass is 15.3. The van der Waals surface area contributed by atoms with Crippen molar-refractivity contribution in [2.45, 2.75) is 13.8 Å². The summed E-state index contributed by atoms with van der Waals surface area (Å²) in [6, 6.07) is 9.74. The molecule has 6 heteroatoms. The van der Waals surface area contributed by atoms with Crippen LogP contribution in [0.2, 0.25) is 0 Å². The van der Waals surface area contributed by atoms with Gasteiger partial charge in [0.15, 0.2) is 0 Å². The molecule has 0 saturated heterocycles. The molecule has 0 fully saturated rings. The van der Waals surface area contributed by atoms with Crippen molar-refractivity contribution in [3.05, 3.63) is 54.1 Å². The second kappa shape index (κ2) is 4.72. The summed E-state index contributed by atoms with van der Waals surface area (Å²) >= 11 is 0. The highest BCUT2D eigenvalue weighted by Crippen LogP contribution is 2.12. The first kappa shape index (κ1) is 11.7. The molecule has 0 atom stereocenters. The lowest BCUT2D eigenvalue weighted by atomic mass is 10.2. The first-order valence-corrected chi connectivity index (χ1v) is 6.07.